The fourth-order valence-electron chi connectivity index (χ4n) is 1.52. The van der Waals surface area contributed by atoms with Crippen molar-refractivity contribution in [1.29, 1.82) is 0 Å². The van der Waals surface area contributed by atoms with E-state index in [0.717, 1.165) is 5.57 Å². The van der Waals surface area contributed by atoms with Gasteiger partial charge in [0.05, 0.1) is 16.3 Å². The maximum Gasteiger partial charge on any atom is 0.337 e. The largest absolute Gasteiger partial charge is 0.478 e. The Hall–Kier alpha value is -1.82. The minimum atomic E-state index is -1.01. The Kier molecular flexibility index (Phi) is 6.24. The lowest BCUT2D eigenvalue weighted by molar-refractivity contribution is -0.127. The van der Waals surface area contributed by atoms with Gasteiger partial charge in [0, 0.05) is 19.3 Å². The third-order valence-corrected chi connectivity index (χ3v) is 3.45. The second kappa shape index (κ2) is 7.69. The van der Waals surface area contributed by atoms with Gasteiger partial charge in [-0.1, -0.05) is 23.9 Å². The van der Waals surface area contributed by atoms with Gasteiger partial charge in [0.1, 0.15) is 0 Å². The molecule has 1 N–H and O–H groups in total. The van der Waals surface area contributed by atoms with Crippen molar-refractivity contribution in [3.05, 3.63) is 36.0 Å². The van der Waals surface area contributed by atoms with E-state index in [4.69, 9.17) is 5.11 Å². The molecule has 0 spiro atoms. The van der Waals surface area contributed by atoms with E-state index in [1.165, 1.54) is 24.0 Å². The summed E-state index contributed by atoms with van der Waals surface area (Å²) in [7, 11) is 0. The van der Waals surface area contributed by atoms with Crippen LogP contribution in [0.25, 0.3) is 0 Å². The van der Waals surface area contributed by atoms with Crippen molar-refractivity contribution in [2.75, 3.05) is 18.8 Å². The molecule has 0 aliphatic rings. The predicted octanol–water partition coefficient (Wildman–Crippen LogP) is 2.30. The minimum absolute atomic E-state index is 0.0182. The molecular formula is C14H18N2O3S. The molecule has 1 heterocycles. The normalized spacial score (nSPS) is 10.1. The number of thioether (sulfide) groups is 1. The van der Waals surface area contributed by atoms with E-state index in [9.17, 15) is 9.59 Å². The number of carbonyl (C=O) groups excluding carboxylic acids is 1. The summed E-state index contributed by atoms with van der Waals surface area (Å²) in [5.74, 6) is -0.714. The first kappa shape index (κ1) is 16.2. The Morgan fingerprint density at radius 3 is 2.60 bits per heavy atom. The van der Waals surface area contributed by atoms with Crippen LogP contribution in [0.1, 0.15) is 24.2 Å². The van der Waals surface area contributed by atoms with Crippen LogP contribution >= 0.6 is 11.8 Å². The SMILES string of the molecule is C=C(C)CN(CC)C(=O)CSc1ccc(C(=O)O)cn1. The molecule has 0 aliphatic heterocycles. The second-order valence-electron chi connectivity index (χ2n) is 4.34. The molecule has 0 aromatic carbocycles. The summed E-state index contributed by atoms with van der Waals surface area (Å²) in [6, 6.07) is 3.09. The van der Waals surface area contributed by atoms with Crippen molar-refractivity contribution < 1.29 is 14.7 Å². The third-order valence-electron chi connectivity index (χ3n) is 2.52. The van der Waals surface area contributed by atoms with E-state index in [2.05, 4.69) is 11.6 Å². The van der Waals surface area contributed by atoms with Gasteiger partial charge in [-0.15, -0.1) is 0 Å². The molecule has 1 aromatic heterocycles. The van der Waals surface area contributed by atoms with Crippen LogP contribution in [0.3, 0.4) is 0 Å². The van der Waals surface area contributed by atoms with Crippen LogP contribution in [0.15, 0.2) is 35.5 Å². The zero-order valence-electron chi connectivity index (χ0n) is 11.6. The molecule has 0 saturated heterocycles. The maximum atomic E-state index is 12.0. The van der Waals surface area contributed by atoms with E-state index in [1.807, 2.05) is 13.8 Å². The molecule has 0 atom stereocenters. The lowest BCUT2D eigenvalue weighted by Crippen LogP contribution is -2.33. The molecule has 108 valence electrons. The van der Waals surface area contributed by atoms with E-state index in [1.54, 1.807) is 11.0 Å². The second-order valence-corrected chi connectivity index (χ2v) is 5.34. The van der Waals surface area contributed by atoms with Crippen LogP contribution in [-0.4, -0.2) is 45.7 Å². The number of rotatable bonds is 7. The zero-order valence-corrected chi connectivity index (χ0v) is 12.4. The number of carboxylic acids is 1. The highest BCUT2D eigenvalue weighted by Gasteiger charge is 2.12. The summed E-state index contributed by atoms with van der Waals surface area (Å²) in [4.78, 5) is 28.4. The topological polar surface area (TPSA) is 70.5 Å². The number of pyridine rings is 1. The highest BCUT2D eigenvalue weighted by atomic mass is 32.2. The standard InChI is InChI=1S/C14H18N2O3S/c1-4-16(8-10(2)3)13(17)9-20-12-6-5-11(7-15-12)14(18)19/h5-7H,2,4,8-9H2,1,3H3,(H,18,19). The van der Waals surface area contributed by atoms with Gasteiger partial charge in [-0.2, -0.15) is 0 Å². The lowest BCUT2D eigenvalue weighted by atomic mass is 10.3. The number of hydrogen-bond acceptors (Lipinski definition) is 4. The summed E-state index contributed by atoms with van der Waals surface area (Å²) < 4.78 is 0. The smallest absolute Gasteiger partial charge is 0.337 e. The van der Waals surface area contributed by atoms with E-state index in [-0.39, 0.29) is 17.2 Å². The van der Waals surface area contributed by atoms with Gasteiger partial charge in [0.15, 0.2) is 0 Å². The van der Waals surface area contributed by atoms with Crippen molar-refractivity contribution in [3.63, 3.8) is 0 Å². The molecule has 20 heavy (non-hydrogen) atoms. The van der Waals surface area contributed by atoms with E-state index in [0.29, 0.717) is 18.1 Å². The molecule has 0 fully saturated rings. The van der Waals surface area contributed by atoms with Crippen LogP contribution in [0.4, 0.5) is 0 Å². The minimum Gasteiger partial charge on any atom is -0.478 e. The number of likely N-dealkylation sites (N-methyl/N-ethyl adjacent to an activating group) is 1. The van der Waals surface area contributed by atoms with Gasteiger partial charge in [-0.05, 0) is 26.0 Å². The average Bonchev–Trinajstić information content (AvgIpc) is 2.42. The Balaban J connectivity index is 2.55. The van der Waals surface area contributed by atoms with Gasteiger partial charge >= 0.3 is 5.97 Å². The molecule has 6 heteroatoms. The lowest BCUT2D eigenvalue weighted by Gasteiger charge is -2.20. The highest BCUT2D eigenvalue weighted by Crippen LogP contribution is 2.16. The molecule has 1 amide bonds. The van der Waals surface area contributed by atoms with Crippen LogP contribution in [-0.2, 0) is 4.79 Å². The summed E-state index contributed by atoms with van der Waals surface area (Å²) in [6.45, 7) is 8.80. The Morgan fingerprint density at radius 2 is 2.15 bits per heavy atom. The Labute approximate surface area is 122 Å². The first-order chi connectivity index (χ1) is 9.43. The molecule has 1 rings (SSSR count). The van der Waals surface area contributed by atoms with Gasteiger partial charge in [-0.25, -0.2) is 9.78 Å². The van der Waals surface area contributed by atoms with E-state index < -0.39 is 5.97 Å². The monoisotopic (exact) mass is 294 g/mol. The highest BCUT2D eigenvalue weighted by molar-refractivity contribution is 7.99. The molecule has 1 aromatic rings. The Morgan fingerprint density at radius 1 is 1.45 bits per heavy atom. The average molecular weight is 294 g/mol. The number of aromatic nitrogens is 1. The third kappa shape index (κ3) is 5.05. The van der Waals surface area contributed by atoms with Gasteiger partial charge in [-0.3, -0.25) is 4.79 Å². The molecule has 0 saturated carbocycles. The van der Waals surface area contributed by atoms with Crippen LogP contribution in [0.2, 0.25) is 0 Å². The quantitative estimate of drug-likeness (QED) is 0.617. The number of carboxylic acid groups (broad SMARTS) is 1. The Bertz CT molecular complexity index is 500. The number of nitrogens with zero attached hydrogens (tertiary/aromatic N) is 2. The fourth-order valence-corrected chi connectivity index (χ4v) is 2.27. The van der Waals surface area contributed by atoms with Crippen LogP contribution < -0.4 is 0 Å². The first-order valence-electron chi connectivity index (χ1n) is 6.18. The number of amides is 1. The summed E-state index contributed by atoms with van der Waals surface area (Å²) in [6.07, 6.45) is 1.29. The number of hydrogen-bond donors (Lipinski definition) is 1. The summed E-state index contributed by atoms with van der Waals surface area (Å²) in [5, 5.41) is 9.40. The number of aromatic carboxylic acids is 1. The molecule has 0 unspecified atom stereocenters. The van der Waals surface area contributed by atoms with Crippen molar-refractivity contribution >= 4 is 23.6 Å². The summed E-state index contributed by atoms with van der Waals surface area (Å²) in [5.41, 5.74) is 1.08. The zero-order chi connectivity index (χ0) is 15.1. The van der Waals surface area contributed by atoms with Gasteiger partial charge < -0.3 is 10.0 Å². The van der Waals surface area contributed by atoms with Crippen molar-refractivity contribution in [3.8, 4) is 0 Å². The summed E-state index contributed by atoms with van der Waals surface area (Å²) >= 11 is 1.29. The fraction of sp³-hybridized carbons (Fsp3) is 0.357. The van der Waals surface area contributed by atoms with E-state index >= 15 is 0 Å². The number of carbonyl (C=O) groups is 2. The van der Waals surface area contributed by atoms with Gasteiger partial charge in [0.25, 0.3) is 0 Å². The molecule has 5 nitrogen and oxygen atoms in total. The maximum absolute atomic E-state index is 12.0. The molecule has 0 aliphatic carbocycles. The first-order valence-corrected chi connectivity index (χ1v) is 7.17. The van der Waals surface area contributed by atoms with Crippen molar-refractivity contribution in [2.45, 2.75) is 18.9 Å². The molecule has 0 bridgehead atoms. The molecular weight excluding hydrogens is 276 g/mol. The van der Waals surface area contributed by atoms with Crippen LogP contribution in [0.5, 0.6) is 0 Å². The predicted molar refractivity (Wildman–Crippen MR) is 79.0 cm³/mol. The van der Waals surface area contributed by atoms with Crippen molar-refractivity contribution in [2.24, 2.45) is 0 Å². The van der Waals surface area contributed by atoms with Crippen LogP contribution in [0, 0.1) is 0 Å². The van der Waals surface area contributed by atoms with Crippen molar-refractivity contribution in [1.82, 2.24) is 9.88 Å². The molecule has 0 radical (unpaired) electrons. The van der Waals surface area contributed by atoms with Gasteiger partial charge in [0.2, 0.25) is 5.91 Å².